The minimum absolute atomic E-state index is 0.145. The molecule has 1 aromatic carbocycles. The molecule has 0 aliphatic carbocycles. The van der Waals surface area contributed by atoms with Crippen LogP contribution in [0.3, 0.4) is 0 Å². The molecule has 0 aromatic heterocycles. The van der Waals surface area contributed by atoms with Gasteiger partial charge in [0, 0.05) is 19.6 Å². The van der Waals surface area contributed by atoms with Crippen LogP contribution in [-0.4, -0.2) is 67.3 Å². The van der Waals surface area contributed by atoms with Crippen LogP contribution < -0.4 is 4.74 Å². The molecule has 27 heavy (non-hydrogen) atoms. The van der Waals surface area contributed by atoms with Gasteiger partial charge >= 0.3 is 6.18 Å². The Morgan fingerprint density at radius 3 is 2.70 bits per heavy atom. The SMILES string of the molecule is CC(C)(C)OCC(O)CN1CCOC(COc2cccc(C(F)(F)F)c2)C1. The van der Waals surface area contributed by atoms with Gasteiger partial charge in [-0.15, -0.1) is 0 Å². The van der Waals surface area contributed by atoms with Gasteiger partial charge in [0.05, 0.1) is 30.5 Å². The highest BCUT2D eigenvalue weighted by Crippen LogP contribution is 2.31. The van der Waals surface area contributed by atoms with Crippen LogP contribution in [0.2, 0.25) is 0 Å². The maximum atomic E-state index is 12.8. The zero-order valence-electron chi connectivity index (χ0n) is 16.0. The van der Waals surface area contributed by atoms with Gasteiger partial charge in [-0.2, -0.15) is 13.2 Å². The van der Waals surface area contributed by atoms with E-state index in [1.807, 2.05) is 25.7 Å². The second kappa shape index (κ2) is 9.23. The van der Waals surface area contributed by atoms with E-state index in [0.29, 0.717) is 26.2 Å². The number of hydrogen-bond donors (Lipinski definition) is 1. The second-order valence-electron chi connectivity index (χ2n) is 7.67. The quantitative estimate of drug-likeness (QED) is 0.775. The van der Waals surface area contributed by atoms with E-state index in [0.717, 1.165) is 12.1 Å². The van der Waals surface area contributed by atoms with Crippen molar-refractivity contribution in [3.05, 3.63) is 29.8 Å². The number of ether oxygens (including phenoxy) is 3. The predicted octanol–water partition coefficient (Wildman–Crippen LogP) is 2.96. The van der Waals surface area contributed by atoms with Crippen LogP contribution in [0.15, 0.2) is 24.3 Å². The molecular weight excluding hydrogens is 363 g/mol. The summed E-state index contributed by atoms with van der Waals surface area (Å²) >= 11 is 0. The first kappa shape index (κ1) is 21.9. The minimum Gasteiger partial charge on any atom is -0.491 e. The first-order valence-corrected chi connectivity index (χ1v) is 8.99. The molecule has 0 amide bonds. The fourth-order valence-electron chi connectivity index (χ4n) is 2.70. The number of aliphatic hydroxyl groups is 1. The highest BCUT2D eigenvalue weighted by molar-refractivity contribution is 5.30. The molecular formula is C19H28F3NO4. The molecule has 1 aromatic rings. The number of aliphatic hydroxyl groups excluding tert-OH is 1. The van der Waals surface area contributed by atoms with Gasteiger partial charge in [-0.3, -0.25) is 4.90 Å². The van der Waals surface area contributed by atoms with Crippen molar-refractivity contribution in [2.45, 2.75) is 44.8 Å². The van der Waals surface area contributed by atoms with Gasteiger partial charge < -0.3 is 19.3 Å². The third-order valence-corrected chi connectivity index (χ3v) is 4.00. The Bertz CT molecular complexity index is 589. The highest BCUT2D eigenvalue weighted by Gasteiger charge is 2.31. The molecule has 0 saturated carbocycles. The van der Waals surface area contributed by atoms with Crippen molar-refractivity contribution in [1.29, 1.82) is 0 Å². The van der Waals surface area contributed by atoms with Gasteiger partial charge in [0.15, 0.2) is 0 Å². The van der Waals surface area contributed by atoms with Gasteiger partial charge in [0.2, 0.25) is 0 Å². The van der Waals surface area contributed by atoms with E-state index in [-0.39, 0.29) is 30.7 Å². The second-order valence-corrected chi connectivity index (χ2v) is 7.67. The largest absolute Gasteiger partial charge is 0.491 e. The average molecular weight is 391 g/mol. The summed E-state index contributed by atoms with van der Waals surface area (Å²) in [7, 11) is 0. The molecule has 1 fully saturated rings. The van der Waals surface area contributed by atoms with Crippen molar-refractivity contribution in [1.82, 2.24) is 4.90 Å². The lowest BCUT2D eigenvalue weighted by atomic mass is 10.2. The lowest BCUT2D eigenvalue weighted by molar-refractivity contribution is -0.137. The van der Waals surface area contributed by atoms with E-state index in [1.165, 1.54) is 12.1 Å². The summed E-state index contributed by atoms with van der Waals surface area (Å²) in [6.07, 6.45) is -5.29. The van der Waals surface area contributed by atoms with Gasteiger partial charge in [-0.1, -0.05) is 6.07 Å². The monoisotopic (exact) mass is 391 g/mol. The lowest BCUT2D eigenvalue weighted by Crippen LogP contribution is -2.48. The number of morpholine rings is 1. The molecule has 2 rings (SSSR count). The maximum Gasteiger partial charge on any atom is 0.416 e. The summed E-state index contributed by atoms with van der Waals surface area (Å²) in [6.45, 7) is 8.29. The Balaban J connectivity index is 1.79. The zero-order chi connectivity index (χ0) is 20.1. The van der Waals surface area contributed by atoms with Gasteiger partial charge in [-0.05, 0) is 39.0 Å². The molecule has 1 heterocycles. The summed E-state index contributed by atoms with van der Waals surface area (Å²) in [5.74, 6) is 0.157. The van der Waals surface area contributed by atoms with Gasteiger partial charge in [0.1, 0.15) is 18.5 Å². The Labute approximate surface area is 158 Å². The van der Waals surface area contributed by atoms with Crippen molar-refractivity contribution >= 4 is 0 Å². The van der Waals surface area contributed by atoms with Crippen LogP contribution in [0.1, 0.15) is 26.3 Å². The molecule has 2 atom stereocenters. The van der Waals surface area contributed by atoms with E-state index in [1.54, 1.807) is 0 Å². The van der Waals surface area contributed by atoms with Crippen LogP contribution in [0.25, 0.3) is 0 Å². The molecule has 1 N–H and O–H groups in total. The van der Waals surface area contributed by atoms with E-state index < -0.39 is 17.8 Å². The minimum atomic E-state index is -4.40. The lowest BCUT2D eigenvalue weighted by Gasteiger charge is -2.34. The third-order valence-electron chi connectivity index (χ3n) is 4.00. The molecule has 1 aliphatic rings. The van der Waals surface area contributed by atoms with Gasteiger partial charge in [0.25, 0.3) is 0 Å². The molecule has 0 radical (unpaired) electrons. The molecule has 0 bridgehead atoms. The normalized spacial score (nSPS) is 20.5. The Kier molecular flexibility index (Phi) is 7.50. The predicted molar refractivity (Wildman–Crippen MR) is 94.8 cm³/mol. The number of hydrogen-bond acceptors (Lipinski definition) is 5. The van der Waals surface area contributed by atoms with Crippen molar-refractivity contribution in [3.8, 4) is 5.75 Å². The number of rotatable bonds is 7. The van der Waals surface area contributed by atoms with Gasteiger partial charge in [-0.25, -0.2) is 0 Å². The van der Waals surface area contributed by atoms with Crippen molar-refractivity contribution in [2.24, 2.45) is 0 Å². The van der Waals surface area contributed by atoms with Crippen LogP contribution >= 0.6 is 0 Å². The summed E-state index contributed by atoms with van der Waals surface area (Å²) in [5, 5.41) is 10.1. The fraction of sp³-hybridized carbons (Fsp3) is 0.684. The van der Waals surface area contributed by atoms with Crippen LogP contribution in [0.5, 0.6) is 5.75 Å². The summed E-state index contributed by atoms with van der Waals surface area (Å²) < 4.78 is 54.9. The van der Waals surface area contributed by atoms with E-state index in [2.05, 4.69) is 0 Å². The maximum absolute atomic E-state index is 12.8. The average Bonchev–Trinajstić information content (AvgIpc) is 2.57. The Hall–Kier alpha value is -1.35. The smallest absolute Gasteiger partial charge is 0.416 e. The number of β-amino-alcohol motifs (C(OH)–C–C–N with tert-alkyl or cyclic N) is 1. The summed E-state index contributed by atoms with van der Waals surface area (Å²) in [5.41, 5.74) is -1.05. The number of benzene rings is 1. The van der Waals surface area contributed by atoms with Crippen LogP contribution in [0.4, 0.5) is 13.2 Å². The highest BCUT2D eigenvalue weighted by atomic mass is 19.4. The molecule has 154 valence electrons. The summed E-state index contributed by atoms with van der Waals surface area (Å²) in [6, 6.07) is 4.79. The Morgan fingerprint density at radius 1 is 1.30 bits per heavy atom. The zero-order valence-corrected chi connectivity index (χ0v) is 16.0. The van der Waals surface area contributed by atoms with E-state index in [4.69, 9.17) is 14.2 Å². The topological polar surface area (TPSA) is 51.2 Å². The standard InChI is InChI=1S/C19H28F3NO4/c1-18(2,3)27-12-15(24)10-23-7-8-25-17(11-23)13-26-16-6-4-5-14(9-16)19(20,21)22/h4-6,9,15,17,24H,7-8,10-13H2,1-3H3. The molecule has 1 saturated heterocycles. The first-order chi connectivity index (χ1) is 12.5. The van der Waals surface area contributed by atoms with Crippen LogP contribution in [0, 0.1) is 0 Å². The fourth-order valence-corrected chi connectivity index (χ4v) is 2.70. The Morgan fingerprint density at radius 2 is 2.04 bits per heavy atom. The van der Waals surface area contributed by atoms with Crippen molar-refractivity contribution in [2.75, 3.05) is 39.5 Å². The third kappa shape index (κ3) is 8.04. The van der Waals surface area contributed by atoms with Crippen LogP contribution in [-0.2, 0) is 15.7 Å². The van der Waals surface area contributed by atoms with E-state index in [9.17, 15) is 18.3 Å². The van der Waals surface area contributed by atoms with Crippen molar-refractivity contribution in [3.63, 3.8) is 0 Å². The molecule has 2 unspecified atom stereocenters. The number of halogens is 3. The number of alkyl halides is 3. The van der Waals surface area contributed by atoms with Crippen molar-refractivity contribution < 1.29 is 32.5 Å². The van der Waals surface area contributed by atoms with E-state index >= 15 is 0 Å². The molecule has 5 nitrogen and oxygen atoms in total. The molecule has 8 heteroatoms. The number of nitrogens with zero attached hydrogens (tertiary/aromatic N) is 1. The first-order valence-electron chi connectivity index (χ1n) is 8.99. The molecule has 1 aliphatic heterocycles. The summed E-state index contributed by atoms with van der Waals surface area (Å²) in [4.78, 5) is 2.04. The molecule has 0 spiro atoms.